The van der Waals surface area contributed by atoms with Gasteiger partial charge in [0.05, 0.1) is 0 Å². The largest absolute Gasteiger partial charge is 0.329 e. The molecule has 0 aliphatic rings. The minimum atomic E-state index is -0.143. The summed E-state index contributed by atoms with van der Waals surface area (Å²) < 4.78 is 13.9. The van der Waals surface area contributed by atoms with Crippen molar-refractivity contribution in [3.8, 4) is 0 Å². The summed E-state index contributed by atoms with van der Waals surface area (Å²) >= 11 is 0. The van der Waals surface area contributed by atoms with E-state index >= 15 is 0 Å². The number of hydrogen-bond acceptors (Lipinski definition) is 2. The Bertz CT molecular complexity index is 419. The maximum atomic E-state index is 13.9. The van der Waals surface area contributed by atoms with Crippen molar-refractivity contribution in [1.29, 1.82) is 0 Å². The van der Waals surface area contributed by atoms with Crippen LogP contribution in [0, 0.1) is 11.7 Å². The zero-order chi connectivity index (χ0) is 15.3. The molecule has 0 radical (unpaired) electrons. The second-order valence-corrected chi connectivity index (χ2v) is 6.44. The highest BCUT2D eigenvalue weighted by Crippen LogP contribution is 2.31. The van der Waals surface area contributed by atoms with E-state index < -0.39 is 0 Å². The summed E-state index contributed by atoms with van der Waals surface area (Å²) in [6.45, 7) is 9.23. The molecule has 0 fully saturated rings. The molecule has 2 unspecified atom stereocenters. The predicted octanol–water partition coefficient (Wildman–Crippen LogP) is 3.97. The summed E-state index contributed by atoms with van der Waals surface area (Å²) in [5.74, 6) is 0.508. The van der Waals surface area contributed by atoms with Gasteiger partial charge < -0.3 is 5.73 Å². The molecular weight excluding hydrogens is 251 g/mol. The summed E-state index contributed by atoms with van der Waals surface area (Å²) in [7, 11) is 2.05. The van der Waals surface area contributed by atoms with Crippen LogP contribution in [0.4, 0.5) is 4.39 Å². The maximum Gasteiger partial charge on any atom is 0.127 e. The quantitative estimate of drug-likeness (QED) is 0.819. The van der Waals surface area contributed by atoms with E-state index in [2.05, 4.69) is 25.7 Å². The lowest BCUT2D eigenvalue weighted by Crippen LogP contribution is -2.50. The van der Waals surface area contributed by atoms with Gasteiger partial charge in [0.1, 0.15) is 5.82 Å². The van der Waals surface area contributed by atoms with Gasteiger partial charge in [0.25, 0.3) is 0 Å². The molecule has 0 aliphatic carbocycles. The van der Waals surface area contributed by atoms with Gasteiger partial charge in [0.15, 0.2) is 0 Å². The fraction of sp³-hybridized carbons (Fsp3) is 0.647. The number of hydrogen-bond donors (Lipinski definition) is 1. The highest BCUT2D eigenvalue weighted by Gasteiger charge is 2.32. The molecule has 0 aliphatic heterocycles. The predicted molar refractivity (Wildman–Crippen MR) is 84.1 cm³/mol. The molecule has 0 saturated heterocycles. The van der Waals surface area contributed by atoms with Crippen molar-refractivity contribution in [1.82, 2.24) is 4.90 Å². The van der Waals surface area contributed by atoms with Crippen molar-refractivity contribution in [2.75, 3.05) is 13.6 Å². The second kappa shape index (κ2) is 7.19. The summed E-state index contributed by atoms with van der Waals surface area (Å²) in [4.78, 5) is 2.22. The average molecular weight is 280 g/mol. The molecule has 2 N–H and O–H groups in total. The van der Waals surface area contributed by atoms with Gasteiger partial charge in [-0.3, -0.25) is 4.90 Å². The molecule has 114 valence electrons. The van der Waals surface area contributed by atoms with E-state index in [1.165, 1.54) is 6.07 Å². The van der Waals surface area contributed by atoms with Gasteiger partial charge in [0, 0.05) is 23.7 Å². The van der Waals surface area contributed by atoms with E-state index in [1.54, 1.807) is 6.07 Å². The monoisotopic (exact) mass is 280 g/mol. The van der Waals surface area contributed by atoms with Gasteiger partial charge in [-0.05, 0) is 45.7 Å². The van der Waals surface area contributed by atoms with E-state index in [0.717, 1.165) is 18.4 Å². The van der Waals surface area contributed by atoms with E-state index in [1.807, 2.05) is 26.1 Å². The number of nitrogens with zero attached hydrogens (tertiary/aromatic N) is 1. The zero-order valence-corrected chi connectivity index (χ0v) is 13.5. The molecule has 1 aromatic rings. The molecule has 1 aromatic carbocycles. The van der Waals surface area contributed by atoms with Crippen molar-refractivity contribution in [2.45, 2.75) is 52.1 Å². The zero-order valence-electron chi connectivity index (χ0n) is 13.5. The molecule has 1 rings (SSSR count). The van der Waals surface area contributed by atoms with E-state index in [0.29, 0.717) is 12.5 Å². The van der Waals surface area contributed by atoms with Crippen LogP contribution in [0.5, 0.6) is 0 Å². The molecule has 0 aromatic heterocycles. The third-order valence-electron chi connectivity index (χ3n) is 4.49. The van der Waals surface area contributed by atoms with E-state index in [-0.39, 0.29) is 17.4 Å². The molecule has 20 heavy (non-hydrogen) atoms. The van der Waals surface area contributed by atoms with E-state index in [9.17, 15) is 4.39 Å². The third kappa shape index (κ3) is 4.03. The van der Waals surface area contributed by atoms with Gasteiger partial charge in [-0.1, -0.05) is 32.0 Å². The van der Waals surface area contributed by atoms with Gasteiger partial charge in [-0.15, -0.1) is 0 Å². The van der Waals surface area contributed by atoms with Crippen molar-refractivity contribution in [3.05, 3.63) is 35.6 Å². The Morgan fingerprint density at radius 3 is 2.35 bits per heavy atom. The number of halogens is 1. The van der Waals surface area contributed by atoms with Gasteiger partial charge >= 0.3 is 0 Å². The van der Waals surface area contributed by atoms with E-state index in [4.69, 9.17) is 5.73 Å². The normalized spacial score (nSPS) is 16.4. The Morgan fingerprint density at radius 1 is 1.25 bits per heavy atom. The van der Waals surface area contributed by atoms with Crippen molar-refractivity contribution in [2.24, 2.45) is 11.7 Å². The fourth-order valence-corrected chi connectivity index (χ4v) is 2.51. The average Bonchev–Trinajstić information content (AvgIpc) is 2.43. The first kappa shape index (κ1) is 17.1. The Kier molecular flexibility index (Phi) is 6.15. The first-order valence-corrected chi connectivity index (χ1v) is 7.49. The smallest absolute Gasteiger partial charge is 0.127 e. The Morgan fingerprint density at radius 2 is 1.85 bits per heavy atom. The lowest BCUT2D eigenvalue weighted by molar-refractivity contribution is 0.0848. The number of rotatable bonds is 7. The Labute approximate surface area is 123 Å². The summed E-state index contributed by atoms with van der Waals surface area (Å²) in [6, 6.07) is 7.00. The highest BCUT2D eigenvalue weighted by atomic mass is 19.1. The Hall–Kier alpha value is -0.930. The highest BCUT2D eigenvalue weighted by molar-refractivity contribution is 5.21. The first-order valence-electron chi connectivity index (χ1n) is 7.49. The fourth-order valence-electron chi connectivity index (χ4n) is 2.51. The summed E-state index contributed by atoms with van der Waals surface area (Å²) in [5.41, 5.74) is 6.64. The van der Waals surface area contributed by atoms with Gasteiger partial charge in [0.2, 0.25) is 0 Å². The topological polar surface area (TPSA) is 29.3 Å². The van der Waals surface area contributed by atoms with Gasteiger partial charge in [-0.2, -0.15) is 0 Å². The lowest BCUT2D eigenvalue weighted by atomic mass is 9.88. The number of nitrogens with two attached hydrogens (primary N) is 1. The van der Waals surface area contributed by atoms with Crippen LogP contribution >= 0.6 is 0 Å². The van der Waals surface area contributed by atoms with Crippen molar-refractivity contribution in [3.63, 3.8) is 0 Å². The van der Waals surface area contributed by atoms with Crippen LogP contribution < -0.4 is 5.73 Å². The first-order chi connectivity index (χ1) is 9.31. The van der Waals surface area contributed by atoms with Gasteiger partial charge in [-0.25, -0.2) is 4.39 Å². The number of likely N-dealkylation sites (N-methyl/N-ethyl adjacent to an activating group) is 1. The van der Waals surface area contributed by atoms with Crippen molar-refractivity contribution < 1.29 is 4.39 Å². The maximum absolute atomic E-state index is 13.9. The molecule has 0 spiro atoms. The molecule has 0 saturated carbocycles. The third-order valence-corrected chi connectivity index (χ3v) is 4.49. The second-order valence-electron chi connectivity index (χ2n) is 6.44. The minimum Gasteiger partial charge on any atom is -0.329 e. The van der Waals surface area contributed by atoms with Crippen LogP contribution in [-0.2, 0) is 0 Å². The van der Waals surface area contributed by atoms with Crippen LogP contribution in [0.2, 0.25) is 0 Å². The standard InChI is InChI=1S/C17H29FN2/c1-13(2)10-11-17(4,12-19)20(5)14(3)15-8-6-7-9-16(15)18/h6-9,13-14H,10-12,19H2,1-5H3. The van der Waals surface area contributed by atoms with Crippen LogP contribution in [-0.4, -0.2) is 24.0 Å². The summed E-state index contributed by atoms with van der Waals surface area (Å²) in [6.07, 6.45) is 2.15. The molecule has 3 heteroatoms. The molecule has 0 heterocycles. The molecule has 2 nitrogen and oxygen atoms in total. The number of benzene rings is 1. The summed E-state index contributed by atoms with van der Waals surface area (Å²) in [5, 5.41) is 0. The minimum absolute atomic E-state index is 0.0110. The molecular formula is C17H29FN2. The Balaban J connectivity index is 2.90. The van der Waals surface area contributed by atoms with Crippen LogP contribution in [0.25, 0.3) is 0 Å². The van der Waals surface area contributed by atoms with Crippen molar-refractivity contribution >= 4 is 0 Å². The molecule has 0 amide bonds. The lowest BCUT2D eigenvalue weighted by Gasteiger charge is -2.42. The van der Waals surface area contributed by atoms with Crippen LogP contribution in [0.1, 0.15) is 52.1 Å². The van der Waals surface area contributed by atoms with Crippen LogP contribution in [0.15, 0.2) is 24.3 Å². The van der Waals surface area contributed by atoms with Crippen LogP contribution in [0.3, 0.4) is 0 Å². The SMILES string of the molecule is CC(C)CCC(C)(CN)N(C)C(C)c1ccccc1F. The molecule has 0 bridgehead atoms. The molecule has 2 atom stereocenters.